The van der Waals surface area contributed by atoms with E-state index >= 15 is 0 Å². The van der Waals surface area contributed by atoms with Crippen LogP contribution in [0.4, 0.5) is 13.2 Å². The fourth-order valence-corrected chi connectivity index (χ4v) is 3.89. The monoisotopic (exact) mass is 311 g/mol. The minimum Gasteiger partial charge on any atom is -0.306 e. The molecule has 0 aromatic heterocycles. The van der Waals surface area contributed by atoms with Crippen LogP contribution in [0.1, 0.15) is 55.6 Å². The van der Waals surface area contributed by atoms with Gasteiger partial charge in [0.1, 0.15) is 0 Å². The van der Waals surface area contributed by atoms with Crippen LogP contribution in [-0.4, -0.2) is 31.2 Å². The molecule has 0 N–H and O–H groups in total. The summed E-state index contributed by atoms with van der Waals surface area (Å²) in [5, 5.41) is 0. The Hall–Kier alpha value is -1.03. The van der Waals surface area contributed by atoms with E-state index in [1.54, 1.807) is 6.07 Å². The summed E-state index contributed by atoms with van der Waals surface area (Å²) in [5.74, 6) is 0.394. The van der Waals surface area contributed by atoms with Gasteiger partial charge < -0.3 is 4.90 Å². The van der Waals surface area contributed by atoms with Crippen molar-refractivity contribution in [1.29, 1.82) is 0 Å². The number of benzene rings is 1. The predicted octanol–water partition coefficient (Wildman–Crippen LogP) is 4.87. The Balaban J connectivity index is 1.83. The molecule has 2 unspecified atom stereocenters. The highest BCUT2D eigenvalue weighted by molar-refractivity contribution is 5.38. The Morgan fingerprint density at radius 2 is 1.86 bits per heavy atom. The van der Waals surface area contributed by atoms with Crippen molar-refractivity contribution in [3.05, 3.63) is 35.4 Å². The highest BCUT2D eigenvalue weighted by Gasteiger charge is 2.64. The maximum Gasteiger partial charge on any atom is 0.398 e. The molecule has 0 spiro atoms. The number of hydrogen-bond acceptors (Lipinski definition) is 1. The molecular formula is C18H24F3N. The predicted molar refractivity (Wildman–Crippen MR) is 82.1 cm³/mol. The lowest BCUT2D eigenvalue weighted by Gasteiger charge is -2.34. The Morgan fingerprint density at radius 3 is 2.45 bits per heavy atom. The normalized spacial score (nSPS) is 27.9. The molecule has 1 aromatic carbocycles. The smallest absolute Gasteiger partial charge is 0.306 e. The van der Waals surface area contributed by atoms with E-state index in [4.69, 9.17) is 0 Å². The van der Waals surface area contributed by atoms with Gasteiger partial charge in [-0.1, -0.05) is 30.7 Å². The molecule has 1 aromatic rings. The second-order valence-corrected chi connectivity index (χ2v) is 7.19. The second kappa shape index (κ2) is 5.55. The highest BCUT2D eigenvalue weighted by atomic mass is 19.4. The van der Waals surface area contributed by atoms with Crippen molar-refractivity contribution < 1.29 is 13.2 Å². The van der Waals surface area contributed by atoms with Gasteiger partial charge >= 0.3 is 6.18 Å². The summed E-state index contributed by atoms with van der Waals surface area (Å²) in [6.45, 7) is 0. The first-order chi connectivity index (χ1) is 10.3. The van der Waals surface area contributed by atoms with E-state index < -0.39 is 11.6 Å². The lowest BCUT2D eigenvalue weighted by molar-refractivity contribution is -0.160. The van der Waals surface area contributed by atoms with Crippen molar-refractivity contribution in [3.63, 3.8) is 0 Å². The van der Waals surface area contributed by atoms with E-state index in [1.807, 2.05) is 18.2 Å². The lowest BCUT2D eigenvalue weighted by atomic mass is 9.79. The maximum atomic E-state index is 13.3. The third-order valence-electron chi connectivity index (χ3n) is 5.58. The summed E-state index contributed by atoms with van der Waals surface area (Å²) in [6, 6.07) is 7.87. The molecule has 2 atom stereocenters. The van der Waals surface area contributed by atoms with Crippen molar-refractivity contribution in [2.45, 2.75) is 62.1 Å². The van der Waals surface area contributed by atoms with Gasteiger partial charge in [-0.2, -0.15) is 13.2 Å². The van der Waals surface area contributed by atoms with Gasteiger partial charge in [-0.15, -0.1) is 0 Å². The number of hydrogen-bond donors (Lipinski definition) is 0. The van der Waals surface area contributed by atoms with Crippen molar-refractivity contribution in [1.82, 2.24) is 4.90 Å². The van der Waals surface area contributed by atoms with Gasteiger partial charge in [0, 0.05) is 6.04 Å². The first-order valence-electron chi connectivity index (χ1n) is 8.17. The Labute approximate surface area is 130 Å². The molecule has 0 amide bonds. The Kier molecular flexibility index (Phi) is 4.00. The van der Waals surface area contributed by atoms with Gasteiger partial charge in [0.25, 0.3) is 0 Å². The molecule has 4 heteroatoms. The SMILES string of the molecule is CN(C)C1CCCC(c2cccc(C3(C(F)(F)F)CC3)c2)C1. The molecule has 2 fully saturated rings. The maximum absolute atomic E-state index is 13.3. The van der Waals surface area contributed by atoms with E-state index in [0.717, 1.165) is 24.8 Å². The van der Waals surface area contributed by atoms with Gasteiger partial charge in [-0.25, -0.2) is 0 Å². The van der Waals surface area contributed by atoms with Crippen molar-refractivity contribution in [3.8, 4) is 0 Å². The molecule has 0 saturated heterocycles. The molecule has 0 radical (unpaired) electrons. The summed E-state index contributed by atoms with van der Waals surface area (Å²) in [7, 11) is 4.18. The van der Waals surface area contributed by atoms with Crippen LogP contribution in [0.2, 0.25) is 0 Å². The van der Waals surface area contributed by atoms with Crippen LogP contribution in [0.3, 0.4) is 0 Å². The molecule has 2 saturated carbocycles. The molecule has 0 bridgehead atoms. The number of halogens is 3. The molecule has 2 aliphatic rings. The van der Waals surface area contributed by atoms with Crippen LogP contribution in [0.15, 0.2) is 24.3 Å². The summed E-state index contributed by atoms with van der Waals surface area (Å²) >= 11 is 0. The standard InChI is InChI=1S/C18H24F3N/c1-22(2)16-8-4-6-14(12-16)13-5-3-7-15(11-13)17(9-10-17)18(19,20)21/h3,5,7,11,14,16H,4,6,8-10,12H2,1-2H3. The summed E-state index contributed by atoms with van der Waals surface area (Å²) in [4.78, 5) is 2.24. The van der Waals surface area contributed by atoms with Crippen molar-refractivity contribution in [2.24, 2.45) is 0 Å². The third-order valence-corrected chi connectivity index (χ3v) is 5.58. The third kappa shape index (κ3) is 2.78. The highest BCUT2D eigenvalue weighted by Crippen LogP contribution is 2.59. The first kappa shape index (κ1) is 15.9. The average molecular weight is 311 g/mol. The fourth-order valence-electron chi connectivity index (χ4n) is 3.89. The fraction of sp³-hybridized carbons (Fsp3) is 0.667. The molecule has 0 aliphatic heterocycles. The minimum atomic E-state index is -4.12. The molecule has 3 rings (SSSR count). The molecule has 22 heavy (non-hydrogen) atoms. The van der Waals surface area contributed by atoms with Crippen LogP contribution in [0, 0.1) is 0 Å². The van der Waals surface area contributed by atoms with Gasteiger partial charge in [-0.3, -0.25) is 0 Å². The second-order valence-electron chi connectivity index (χ2n) is 7.19. The number of rotatable bonds is 3. The number of alkyl halides is 3. The summed E-state index contributed by atoms with van der Waals surface area (Å²) in [5.41, 5.74) is 0.0163. The topological polar surface area (TPSA) is 3.24 Å². The molecule has 122 valence electrons. The Morgan fingerprint density at radius 1 is 1.14 bits per heavy atom. The van der Waals surface area contributed by atoms with E-state index in [0.29, 0.717) is 17.5 Å². The van der Waals surface area contributed by atoms with Crippen LogP contribution in [0.5, 0.6) is 0 Å². The lowest BCUT2D eigenvalue weighted by Crippen LogP contribution is -2.32. The van der Waals surface area contributed by atoms with Crippen LogP contribution in [0.25, 0.3) is 0 Å². The zero-order chi connectivity index (χ0) is 16.0. The van der Waals surface area contributed by atoms with Crippen molar-refractivity contribution in [2.75, 3.05) is 14.1 Å². The van der Waals surface area contributed by atoms with Gasteiger partial charge in [0.05, 0.1) is 5.41 Å². The van der Waals surface area contributed by atoms with Gasteiger partial charge in [0.2, 0.25) is 0 Å². The summed E-state index contributed by atoms with van der Waals surface area (Å²) in [6.07, 6.45) is 0.848. The van der Waals surface area contributed by atoms with Crippen LogP contribution < -0.4 is 0 Å². The summed E-state index contributed by atoms with van der Waals surface area (Å²) < 4.78 is 40.0. The molecule has 0 heterocycles. The van der Waals surface area contributed by atoms with E-state index in [1.165, 1.54) is 6.42 Å². The van der Waals surface area contributed by atoms with E-state index in [-0.39, 0.29) is 12.8 Å². The number of nitrogens with zero attached hydrogens (tertiary/aromatic N) is 1. The first-order valence-corrected chi connectivity index (χ1v) is 8.17. The zero-order valence-corrected chi connectivity index (χ0v) is 13.3. The Bertz CT molecular complexity index is 531. The van der Waals surface area contributed by atoms with E-state index in [9.17, 15) is 13.2 Å². The molecule has 2 aliphatic carbocycles. The zero-order valence-electron chi connectivity index (χ0n) is 13.3. The van der Waals surface area contributed by atoms with Gasteiger partial charge in [-0.05, 0) is 63.2 Å². The quantitative estimate of drug-likeness (QED) is 0.770. The van der Waals surface area contributed by atoms with Crippen LogP contribution in [-0.2, 0) is 5.41 Å². The molecular weight excluding hydrogens is 287 g/mol. The minimum absolute atomic E-state index is 0.241. The van der Waals surface area contributed by atoms with Crippen molar-refractivity contribution >= 4 is 0 Å². The van der Waals surface area contributed by atoms with Crippen LogP contribution >= 0.6 is 0 Å². The largest absolute Gasteiger partial charge is 0.398 e. The molecule has 1 nitrogen and oxygen atoms in total. The van der Waals surface area contributed by atoms with Gasteiger partial charge in [0.15, 0.2) is 0 Å². The average Bonchev–Trinajstić information content (AvgIpc) is 3.29. The van der Waals surface area contributed by atoms with E-state index in [2.05, 4.69) is 19.0 Å².